The molecule has 7 heteroatoms. The number of amides is 1. The largest absolute Gasteiger partial charge is 0.386 e. The van der Waals surface area contributed by atoms with E-state index >= 15 is 0 Å². The molecular formula is C29H38FN5O. The van der Waals surface area contributed by atoms with E-state index in [4.69, 9.17) is 0 Å². The Balaban J connectivity index is 1.13. The Bertz CT molecular complexity index is 1190. The van der Waals surface area contributed by atoms with E-state index in [0.717, 1.165) is 70.4 Å². The van der Waals surface area contributed by atoms with Gasteiger partial charge in [-0.05, 0) is 67.9 Å². The summed E-state index contributed by atoms with van der Waals surface area (Å²) >= 11 is 0. The number of rotatable bonds is 7. The monoisotopic (exact) mass is 491 g/mol. The maximum Gasteiger partial charge on any atom is 0.222 e. The summed E-state index contributed by atoms with van der Waals surface area (Å²) < 4.78 is 16.6. The van der Waals surface area contributed by atoms with Crippen LogP contribution in [0.25, 0.3) is 10.9 Å². The second kappa shape index (κ2) is 10.9. The highest BCUT2D eigenvalue weighted by molar-refractivity contribution is 5.83. The van der Waals surface area contributed by atoms with Crippen LogP contribution in [0.5, 0.6) is 0 Å². The highest BCUT2D eigenvalue weighted by Crippen LogP contribution is 2.32. The number of anilines is 2. The number of nitrogens with one attached hydrogen (secondary N) is 1. The molecule has 3 aromatic rings. The Hall–Kier alpha value is -3.09. The number of pyridine rings is 1. The Labute approximate surface area is 213 Å². The Kier molecular flexibility index (Phi) is 7.44. The third kappa shape index (κ3) is 5.06. The number of hydrogen-bond acceptors (Lipinski definition) is 4. The first kappa shape index (κ1) is 24.6. The van der Waals surface area contributed by atoms with Gasteiger partial charge in [-0.2, -0.15) is 0 Å². The minimum absolute atomic E-state index is 0.220. The fraction of sp³-hybridized carbons (Fsp3) is 0.517. The van der Waals surface area contributed by atoms with E-state index in [2.05, 4.69) is 43.9 Å². The number of likely N-dealkylation sites (tertiary alicyclic amines) is 1. The summed E-state index contributed by atoms with van der Waals surface area (Å²) in [6.07, 6.45) is 13.0. The van der Waals surface area contributed by atoms with E-state index in [-0.39, 0.29) is 5.82 Å². The van der Waals surface area contributed by atoms with Gasteiger partial charge in [-0.15, -0.1) is 0 Å². The summed E-state index contributed by atoms with van der Waals surface area (Å²) in [6.45, 7) is 5.61. The third-order valence-electron chi connectivity index (χ3n) is 8.11. The van der Waals surface area contributed by atoms with E-state index in [9.17, 15) is 9.18 Å². The first-order valence-corrected chi connectivity index (χ1v) is 13.5. The second-order valence-electron chi connectivity index (χ2n) is 10.4. The zero-order chi connectivity index (χ0) is 25.1. The molecule has 0 radical (unpaired) electrons. The number of halogens is 1. The van der Waals surface area contributed by atoms with Crippen molar-refractivity contribution in [3.05, 3.63) is 54.2 Å². The average molecular weight is 492 g/mol. The van der Waals surface area contributed by atoms with Gasteiger partial charge in [-0.1, -0.05) is 13.3 Å². The van der Waals surface area contributed by atoms with Crippen LogP contribution in [0.3, 0.4) is 0 Å². The summed E-state index contributed by atoms with van der Waals surface area (Å²) in [6, 6.07) is 7.93. The van der Waals surface area contributed by atoms with Crippen molar-refractivity contribution in [2.24, 2.45) is 5.92 Å². The van der Waals surface area contributed by atoms with Crippen LogP contribution in [0.4, 0.5) is 15.8 Å². The molecule has 6 nitrogen and oxygen atoms in total. The number of aryl methyl sites for hydroxylation is 1. The normalized spacial score (nSPS) is 17.6. The smallest absolute Gasteiger partial charge is 0.222 e. The zero-order valence-electron chi connectivity index (χ0n) is 21.5. The SMILES string of the molecule is CCCc1cn(C2CCN(C(=O)CC3CCN(c4ccc(NC)c(F)c4)CC3)CC2)c2ccncc12. The molecule has 2 fully saturated rings. The lowest BCUT2D eigenvalue weighted by Gasteiger charge is -2.36. The van der Waals surface area contributed by atoms with Gasteiger partial charge in [0, 0.05) is 75.4 Å². The number of fused-ring (bicyclic) bond motifs is 1. The molecule has 0 spiro atoms. The number of benzene rings is 1. The molecule has 2 aromatic heterocycles. The van der Waals surface area contributed by atoms with Crippen molar-refractivity contribution < 1.29 is 9.18 Å². The lowest BCUT2D eigenvalue weighted by molar-refractivity contribution is -0.133. The molecule has 0 bridgehead atoms. The Morgan fingerprint density at radius 1 is 1.11 bits per heavy atom. The maximum atomic E-state index is 14.2. The van der Waals surface area contributed by atoms with Crippen LogP contribution in [-0.2, 0) is 11.2 Å². The number of nitrogens with zero attached hydrogens (tertiary/aromatic N) is 4. The molecule has 36 heavy (non-hydrogen) atoms. The van der Waals surface area contributed by atoms with Crippen LogP contribution < -0.4 is 10.2 Å². The van der Waals surface area contributed by atoms with Gasteiger partial charge in [-0.3, -0.25) is 9.78 Å². The number of piperidine rings is 2. The summed E-state index contributed by atoms with van der Waals surface area (Å²) in [5.41, 5.74) is 4.09. The molecule has 0 saturated carbocycles. The van der Waals surface area contributed by atoms with Gasteiger partial charge < -0.3 is 19.7 Å². The van der Waals surface area contributed by atoms with Crippen LogP contribution in [0.15, 0.2) is 42.9 Å². The minimum atomic E-state index is -0.220. The van der Waals surface area contributed by atoms with E-state index in [0.29, 0.717) is 30.0 Å². The molecule has 1 aromatic carbocycles. The summed E-state index contributed by atoms with van der Waals surface area (Å²) in [7, 11) is 1.73. The molecule has 5 rings (SSSR count). The van der Waals surface area contributed by atoms with Crippen LogP contribution >= 0.6 is 0 Å². The molecule has 1 amide bonds. The van der Waals surface area contributed by atoms with Crippen molar-refractivity contribution in [3.63, 3.8) is 0 Å². The van der Waals surface area contributed by atoms with E-state index in [1.165, 1.54) is 16.5 Å². The molecule has 2 saturated heterocycles. The molecule has 2 aliphatic rings. The van der Waals surface area contributed by atoms with Crippen molar-refractivity contribution in [2.75, 3.05) is 43.4 Å². The number of carbonyl (C=O) groups is 1. The van der Waals surface area contributed by atoms with Gasteiger partial charge in [0.2, 0.25) is 5.91 Å². The Morgan fingerprint density at radius 2 is 1.89 bits per heavy atom. The van der Waals surface area contributed by atoms with Gasteiger partial charge in [0.05, 0.1) is 11.2 Å². The highest BCUT2D eigenvalue weighted by Gasteiger charge is 2.28. The molecule has 0 aliphatic carbocycles. The van der Waals surface area contributed by atoms with Crippen LogP contribution in [0, 0.1) is 11.7 Å². The summed E-state index contributed by atoms with van der Waals surface area (Å²) in [4.78, 5) is 21.8. The van der Waals surface area contributed by atoms with Crippen molar-refractivity contribution in [1.29, 1.82) is 0 Å². The van der Waals surface area contributed by atoms with Crippen LogP contribution in [0.1, 0.15) is 57.1 Å². The molecule has 2 aliphatic heterocycles. The molecule has 4 heterocycles. The number of aromatic nitrogens is 2. The quantitative estimate of drug-likeness (QED) is 0.465. The van der Waals surface area contributed by atoms with Crippen LogP contribution in [0.2, 0.25) is 0 Å². The fourth-order valence-electron chi connectivity index (χ4n) is 6.01. The van der Waals surface area contributed by atoms with Gasteiger partial charge in [0.15, 0.2) is 0 Å². The lowest BCUT2D eigenvalue weighted by Crippen LogP contribution is -2.41. The number of hydrogen-bond donors (Lipinski definition) is 1. The van der Waals surface area contributed by atoms with E-state index < -0.39 is 0 Å². The highest BCUT2D eigenvalue weighted by atomic mass is 19.1. The standard InChI is InChI=1S/C29H38FN5O/c1-3-4-22-20-35(28-7-12-32-19-25(22)28)23-10-15-34(16-11-23)29(36)17-21-8-13-33(14-9-21)24-5-6-27(31-2)26(30)18-24/h5-7,12,18-21,23,31H,3-4,8-11,13-17H2,1-2H3. The van der Waals surface area contributed by atoms with Gasteiger partial charge in [0.25, 0.3) is 0 Å². The molecular weight excluding hydrogens is 453 g/mol. The van der Waals surface area contributed by atoms with E-state index in [1.807, 2.05) is 18.5 Å². The molecule has 192 valence electrons. The zero-order valence-corrected chi connectivity index (χ0v) is 21.5. The predicted molar refractivity (Wildman–Crippen MR) is 144 cm³/mol. The summed E-state index contributed by atoms with van der Waals surface area (Å²) in [5.74, 6) is 0.483. The number of carbonyl (C=O) groups excluding carboxylic acids is 1. The maximum absolute atomic E-state index is 14.2. The van der Waals surface area contributed by atoms with Crippen molar-refractivity contribution in [2.45, 2.75) is 57.9 Å². The average Bonchev–Trinajstić information content (AvgIpc) is 3.28. The van der Waals surface area contributed by atoms with E-state index in [1.54, 1.807) is 19.2 Å². The van der Waals surface area contributed by atoms with Gasteiger partial charge >= 0.3 is 0 Å². The molecule has 1 N–H and O–H groups in total. The minimum Gasteiger partial charge on any atom is -0.386 e. The van der Waals surface area contributed by atoms with Crippen molar-refractivity contribution in [1.82, 2.24) is 14.5 Å². The third-order valence-corrected chi connectivity index (χ3v) is 8.11. The fourth-order valence-corrected chi connectivity index (χ4v) is 6.01. The molecule has 0 unspecified atom stereocenters. The van der Waals surface area contributed by atoms with Crippen molar-refractivity contribution >= 4 is 28.2 Å². The lowest BCUT2D eigenvalue weighted by atomic mass is 9.92. The van der Waals surface area contributed by atoms with Crippen LogP contribution in [-0.4, -0.2) is 53.6 Å². The topological polar surface area (TPSA) is 53.4 Å². The van der Waals surface area contributed by atoms with Gasteiger partial charge in [-0.25, -0.2) is 4.39 Å². The van der Waals surface area contributed by atoms with Gasteiger partial charge in [0.1, 0.15) is 5.82 Å². The second-order valence-corrected chi connectivity index (χ2v) is 10.4. The van der Waals surface area contributed by atoms with Crippen molar-refractivity contribution in [3.8, 4) is 0 Å². The first-order chi connectivity index (χ1) is 17.6. The molecule has 0 atom stereocenters. The first-order valence-electron chi connectivity index (χ1n) is 13.5. The predicted octanol–water partition coefficient (Wildman–Crippen LogP) is 5.64. The Morgan fingerprint density at radius 3 is 2.58 bits per heavy atom. The summed E-state index contributed by atoms with van der Waals surface area (Å²) in [5, 5.41) is 4.14.